The lowest BCUT2D eigenvalue weighted by atomic mass is 10.2. The Balaban J connectivity index is 2.06. The van der Waals surface area contributed by atoms with Gasteiger partial charge in [-0.1, -0.05) is 6.07 Å². The summed E-state index contributed by atoms with van der Waals surface area (Å²) < 4.78 is 35.1. The maximum atomic E-state index is 13.1. The highest BCUT2D eigenvalue weighted by Crippen LogP contribution is 2.34. The Labute approximate surface area is 131 Å². The molecule has 5 nitrogen and oxygen atoms in total. The van der Waals surface area contributed by atoms with Gasteiger partial charge in [0.1, 0.15) is 10.6 Å². The van der Waals surface area contributed by atoms with Crippen molar-refractivity contribution >= 4 is 10.0 Å². The van der Waals surface area contributed by atoms with Crippen molar-refractivity contribution in [2.45, 2.75) is 31.3 Å². The van der Waals surface area contributed by atoms with Crippen LogP contribution in [0.4, 0.5) is 0 Å². The summed E-state index contributed by atoms with van der Waals surface area (Å²) in [6, 6.07) is 8.96. The molecule has 0 spiro atoms. The van der Waals surface area contributed by atoms with Crippen molar-refractivity contribution in [1.29, 1.82) is 0 Å². The SMILES string of the molecule is COc1ccc(C)cc1S(=O)(=O)N1CCn2cccc2[C@@H]1C. The lowest BCUT2D eigenvalue weighted by Crippen LogP contribution is -2.40. The average molecular weight is 320 g/mol. The maximum Gasteiger partial charge on any atom is 0.247 e. The molecule has 2 aromatic rings. The van der Waals surface area contributed by atoms with Gasteiger partial charge in [-0.25, -0.2) is 8.42 Å². The van der Waals surface area contributed by atoms with Crippen molar-refractivity contribution in [1.82, 2.24) is 8.87 Å². The highest BCUT2D eigenvalue weighted by Gasteiger charge is 2.35. The second-order valence-corrected chi connectivity index (χ2v) is 7.43. The maximum absolute atomic E-state index is 13.1. The molecule has 6 heteroatoms. The fraction of sp³-hybridized carbons (Fsp3) is 0.375. The lowest BCUT2D eigenvalue weighted by molar-refractivity contribution is 0.281. The Morgan fingerprint density at radius 1 is 1.23 bits per heavy atom. The molecule has 0 aliphatic carbocycles. The van der Waals surface area contributed by atoms with Crippen LogP contribution in [0.5, 0.6) is 5.75 Å². The number of sulfonamides is 1. The number of methoxy groups -OCH3 is 1. The number of ether oxygens (including phenoxy) is 1. The molecule has 22 heavy (non-hydrogen) atoms. The number of hydrogen-bond donors (Lipinski definition) is 0. The molecule has 1 aromatic heterocycles. The summed E-state index contributed by atoms with van der Waals surface area (Å²) >= 11 is 0. The van der Waals surface area contributed by atoms with Crippen LogP contribution >= 0.6 is 0 Å². The number of nitrogens with zero attached hydrogens (tertiary/aromatic N) is 2. The molecular weight excluding hydrogens is 300 g/mol. The van der Waals surface area contributed by atoms with Crippen molar-refractivity contribution in [2.75, 3.05) is 13.7 Å². The zero-order chi connectivity index (χ0) is 15.9. The van der Waals surface area contributed by atoms with E-state index in [-0.39, 0.29) is 10.9 Å². The lowest BCUT2D eigenvalue weighted by Gasteiger charge is -2.34. The van der Waals surface area contributed by atoms with Crippen LogP contribution in [0.1, 0.15) is 24.2 Å². The first kappa shape index (κ1) is 15.1. The molecule has 1 aromatic carbocycles. The Kier molecular flexibility index (Phi) is 3.74. The summed E-state index contributed by atoms with van der Waals surface area (Å²) in [6.07, 6.45) is 1.99. The summed E-state index contributed by atoms with van der Waals surface area (Å²) in [4.78, 5) is 0.238. The molecule has 0 amide bonds. The summed E-state index contributed by atoms with van der Waals surface area (Å²) in [5.74, 6) is 0.388. The fourth-order valence-corrected chi connectivity index (χ4v) is 4.84. The van der Waals surface area contributed by atoms with Crippen LogP contribution in [0.3, 0.4) is 0 Å². The van der Waals surface area contributed by atoms with Crippen molar-refractivity contribution in [3.05, 3.63) is 47.8 Å². The molecule has 3 rings (SSSR count). The minimum atomic E-state index is -3.60. The Hall–Kier alpha value is -1.79. The number of hydrogen-bond acceptors (Lipinski definition) is 3. The van der Waals surface area contributed by atoms with E-state index < -0.39 is 10.0 Å². The molecule has 118 valence electrons. The van der Waals surface area contributed by atoms with E-state index in [4.69, 9.17) is 4.74 Å². The van der Waals surface area contributed by atoms with Gasteiger partial charge in [0.25, 0.3) is 0 Å². The van der Waals surface area contributed by atoms with E-state index in [2.05, 4.69) is 4.57 Å². The Morgan fingerprint density at radius 2 is 2.00 bits per heavy atom. The van der Waals surface area contributed by atoms with Crippen LogP contribution in [0.15, 0.2) is 41.4 Å². The van der Waals surface area contributed by atoms with Crippen molar-refractivity contribution in [2.24, 2.45) is 0 Å². The number of aromatic nitrogens is 1. The van der Waals surface area contributed by atoms with Gasteiger partial charge in [-0.05, 0) is 43.7 Å². The van der Waals surface area contributed by atoms with Gasteiger partial charge < -0.3 is 9.30 Å². The molecule has 1 aliphatic heterocycles. The van der Waals surface area contributed by atoms with Crippen molar-refractivity contribution < 1.29 is 13.2 Å². The summed E-state index contributed by atoms with van der Waals surface area (Å²) in [5.41, 5.74) is 1.91. The molecule has 0 fully saturated rings. The van der Waals surface area contributed by atoms with E-state index >= 15 is 0 Å². The van der Waals surface area contributed by atoms with Crippen LogP contribution in [0.2, 0.25) is 0 Å². The van der Waals surface area contributed by atoms with Crippen LogP contribution in [-0.2, 0) is 16.6 Å². The molecule has 1 atom stereocenters. The van der Waals surface area contributed by atoms with Crippen LogP contribution in [0.25, 0.3) is 0 Å². The third-order valence-corrected chi connectivity index (χ3v) is 6.18. The molecule has 0 saturated heterocycles. The predicted molar refractivity (Wildman–Crippen MR) is 84.5 cm³/mol. The quantitative estimate of drug-likeness (QED) is 0.873. The van der Waals surface area contributed by atoms with E-state index in [1.165, 1.54) is 7.11 Å². The monoisotopic (exact) mass is 320 g/mol. The second kappa shape index (κ2) is 5.44. The largest absolute Gasteiger partial charge is 0.495 e. The second-order valence-electron chi connectivity index (χ2n) is 5.57. The number of fused-ring (bicyclic) bond motifs is 1. The molecule has 0 unspecified atom stereocenters. The van der Waals surface area contributed by atoms with Gasteiger partial charge in [0.2, 0.25) is 10.0 Å². The van der Waals surface area contributed by atoms with Crippen molar-refractivity contribution in [3.8, 4) is 5.75 Å². The number of aryl methyl sites for hydroxylation is 1. The van der Waals surface area contributed by atoms with Gasteiger partial charge in [-0.15, -0.1) is 0 Å². The van der Waals surface area contributed by atoms with Crippen LogP contribution < -0.4 is 4.74 Å². The first-order valence-corrected chi connectivity index (χ1v) is 8.70. The molecule has 0 radical (unpaired) electrons. The molecule has 1 aliphatic rings. The molecule has 0 bridgehead atoms. The number of benzene rings is 1. The van der Waals surface area contributed by atoms with Gasteiger partial charge in [-0.2, -0.15) is 4.31 Å². The zero-order valence-corrected chi connectivity index (χ0v) is 13.8. The normalized spacial score (nSPS) is 19.0. The molecular formula is C16H20N2O3S. The first-order chi connectivity index (χ1) is 10.4. The van der Waals surface area contributed by atoms with E-state index in [0.29, 0.717) is 18.8 Å². The van der Waals surface area contributed by atoms with E-state index in [9.17, 15) is 8.42 Å². The Morgan fingerprint density at radius 3 is 2.73 bits per heavy atom. The van der Waals surface area contributed by atoms with Gasteiger partial charge in [0.05, 0.1) is 13.2 Å². The molecule has 0 saturated carbocycles. The summed E-state index contributed by atoms with van der Waals surface area (Å²) in [7, 11) is -2.11. The molecule has 0 N–H and O–H groups in total. The first-order valence-electron chi connectivity index (χ1n) is 7.26. The smallest absolute Gasteiger partial charge is 0.247 e. The third-order valence-electron chi connectivity index (χ3n) is 4.19. The fourth-order valence-electron chi connectivity index (χ4n) is 3.00. The highest BCUT2D eigenvalue weighted by molar-refractivity contribution is 7.89. The Bertz CT molecular complexity index is 795. The summed E-state index contributed by atoms with van der Waals surface area (Å²) in [6.45, 7) is 4.93. The van der Waals surface area contributed by atoms with E-state index in [0.717, 1.165) is 11.3 Å². The average Bonchev–Trinajstić information content (AvgIpc) is 2.96. The molecule has 2 heterocycles. The number of rotatable bonds is 3. The van der Waals surface area contributed by atoms with Crippen LogP contribution in [-0.4, -0.2) is 30.9 Å². The van der Waals surface area contributed by atoms with Crippen molar-refractivity contribution in [3.63, 3.8) is 0 Å². The third kappa shape index (κ3) is 2.32. The standard InChI is InChI=1S/C16H20N2O3S/c1-12-6-7-15(21-3)16(11-12)22(19,20)18-10-9-17-8-4-5-14(17)13(18)2/h4-8,11,13H,9-10H2,1-3H3/t13-/m0/s1. The minimum absolute atomic E-state index is 0.195. The summed E-state index contributed by atoms with van der Waals surface area (Å²) in [5, 5.41) is 0. The van der Waals surface area contributed by atoms with E-state index in [1.54, 1.807) is 16.4 Å². The highest BCUT2D eigenvalue weighted by atomic mass is 32.2. The van der Waals surface area contributed by atoms with Gasteiger partial charge in [0, 0.05) is 25.0 Å². The van der Waals surface area contributed by atoms with Gasteiger partial charge >= 0.3 is 0 Å². The van der Waals surface area contributed by atoms with Gasteiger partial charge in [-0.3, -0.25) is 0 Å². The zero-order valence-electron chi connectivity index (χ0n) is 13.0. The minimum Gasteiger partial charge on any atom is -0.495 e. The predicted octanol–water partition coefficient (Wildman–Crippen LogP) is 2.57. The topological polar surface area (TPSA) is 51.5 Å². The van der Waals surface area contributed by atoms with E-state index in [1.807, 2.05) is 38.2 Å². The van der Waals surface area contributed by atoms with Gasteiger partial charge in [0.15, 0.2) is 0 Å². The van der Waals surface area contributed by atoms with Crippen LogP contribution in [0, 0.1) is 6.92 Å².